The van der Waals surface area contributed by atoms with Gasteiger partial charge in [0, 0.05) is 29.8 Å². The minimum atomic E-state index is 0.227. The molecular weight excluding hydrogens is 342 g/mol. The Morgan fingerprint density at radius 1 is 0.857 bits per heavy atom. The fourth-order valence-electron chi connectivity index (χ4n) is 4.15. The van der Waals surface area contributed by atoms with E-state index >= 15 is 0 Å². The zero-order chi connectivity index (χ0) is 19.6. The van der Waals surface area contributed by atoms with Crippen LogP contribution in [0.2, 0.25) is 0 Å². The van der Waals surface area contributed by atoms with Crippen molar-refractivity contribution in [2.45, 2.75) is 83.5 Å². The Hall–Kier alpha value is -2.21. The quantitative estimate of drug-likeness (QED) is 0.451. The number of hydrogen-bond acceptors (Lipinski definition) is 3. The van der Waals surface area contributed by atoms with Gasteiger partial charge in [-0.1, -0.05) is 63.3 Å². The highest BCUT2D eigenvalue weighted by Crippen LogP contribution is 2.34. The molecule has 3 nitrogen and oxygen atoms in total. The van der Waals surface area contributed by atoms with Crippen LogP contribution in [-0.4, -0.2) is 9.97 Å². The Bertz CT molecular complexity index is 735. The number of benzene rings is 1. The molecule has 0 unspecified atom stereocenters. The number of aromatic nitrogens is 2. The predicted molar refractivity (Wildman–Crippen MR) is 115 cm³/mol. The van der Waals surface area contributed by atoms with Gasteiger partial charge in [-0.3, -0.25) is 0 Å². The summed E-state index contributed by atoms with van der Waals surface area (Å²) in [5, 5.41) is 9.04. The lowest BCUT2D eigenvalue weighted by Gasteiger charge is -2.23. The molecule has 0 amide bonds. The summed E-state index contributed by atoms with van der Waals surface area (Å²) in [6.07, 6.45) is 17.2. The molecule has 2 aromatic rings. The third-order valence-electron chi connectivity index (χ3n) is 6.05. The molecule has 0 radical (unpaired) electrons. The van der Waals surface area contributed by atoms with E-state index in [0.29, 0.717) is 5.92 Å². The summed E-state index contributed by atoms with van der Waals surface area (Å²) in [5.41, 5.74) is 3.69. The van der Waals surface area contributed by atoms with E-state index in [1.807, 2.05) is 12.4 Å². The second-order valence-corrected chi connectivity index (χ2v) is 8.22. The van der Waals surface area contributed by atoms with E-state index in [9.17, 15) is 0 Å². The van der Waals surface area contributed by atoms with E-state index in [1.54, 1.807) is 0 Å². The summed E-state index contributed by atoms with van der Waals surface area (Å²) >= 11 is 0. The standard InChI is InChI=1S/C25H33N3/c1-2-3-4-5-6-7-8-20-9-13-22(14-10-20)24-18-27-25(28-19-24)23-15-11-21(17-26)12-16-23/h9-10,13-14,18-19,21,23H,2-8,11-12,15-16H2,1H3. The van der Waals surface area contributed by atoms with E-state index in [-0.39, 0.29) is 5.92 Å². The van der Waals surface area contributed by atoms with Crippen LogP contribution < -0.4 is 0 Å². The SMILES string of the molecule is CCCCCCCCc1ccc(-c2cnc(C3CCC(C#N)CC3)nc2)cc1. The van der Waals surface area contributed by atoms with Crippen molar-refractivity contribution in [3.63, 3.8) is 0 Å². The number of nitrogens with zero attached hydrogens (tertiary/aromatic N) is 3. The molecule has 28 heavy (non-hydrogen) atoms. The van der Waals surface area contributed by atoms with Crippen molar-refractivity contribution in [1.82, 2.24) is 9.97 Å². The summed E-state index contributed by atoms with van der Waals surface area (Å²) in [5.74, 6) is 1.59. The first-order chi connectivity index (χ1) is 13.8. The lowest BCUT2D eigenvalue weighted by atomic mass is 9.82. The molecule has 0 atom stereocenters. The molecule has 1 aromatic heterocycles. The van der Waals surface area contributed by atoms with Gasteiger partial charge in [-0.25, -0.2) is 9.97 Å². The molecule has 1 heterocycles. The number of hydrogen-bond donors (Lipinski definition) is 0. The minimum absolute atomic E-state index is 0.227. The van der Waals surface area contributed by atoms with Crippen molar-refractivity contribution < 1.29 is 0 Å². The predicted octanol–water partition coefficient (Wildman–Crippen LogP) is 6.84. The Labute approximate surface area is 170 Å². The molecule has 0 N–H and O–H groups in total. The van der Waals surface area contributed by atoms with Crippen LogP contribution in [0.15, 0.2) is 36.7 Å². The van der Waals surface area contributed by atoms with Crippen LogP contribution in [0.1, 0.15) is 88.4 Å². The highest BCUT2D eigenvalue weighted by molar-refractivity contribution is 5.61. The first-order valence-corrected chi connectivity index (χ1v) is 11.1. The van der Waals surface area contributed by atoms with Crippen molar-refractivity contribution in [2.24, 2.45) is 5.92 Å². The summed E-state index contributed by atoms with van der Waals surface area (Å²) in [4.78, 5) is 9.29. The third kappa shape index (κ3) is 5.89. The third-order valence-corrected chi connectivity index (χ3v) is 6.05. The van der Waals surface area contributed by atoms with Crippen LogP contribution in [0.4, 0.5) is 0 Å². The normalized spacial score (nSPS) is 19.3. The van der Waals surface area contributed by atoms with Gasteiger partial charge in [-0.2, -0.15) is 5.26 Å². The smallest absolute Gasteiger partial charge is 0.131 e. The second kappa shape index (κ2) is 11.0. The monoisotopic (exact) mass is 375 g/mol. The van der Waals surface area contributed by atoms with Crippen LogP contribution in [0, 0.1) is 17.2 Å². The van der Waals surface area contributed by atoms with Crippen LogP contribution in [-0.2, 0) is 6.42 Å². The van der Waals surface area contributed by atoms with Gasteiger partial charge < -0.3 is 0 Å². The molecule has 0 aliphatic heterocycles. The van der Waals surface area contributed by atoms with Crippen LogP contribution in [0.3, 0.4) is 0 Å². The molecule has 0 spiro atoms. The van der Waals surface area contributed by atoms with Crippen molar-refractivity contribution in [1.29, 1.82) is 5.26 Å². The molecule has 1 aliphatic carbocycles. The minimum Gasteiger partial charge on any atom is -0.240 e. The summed E-state index contributed by atoms with van der Waals surface area (Å²) in [6.45, 7) is 2.26. The Balaban J connectivity index is 1.49. The molecule has 1 aromatic carbocycles. The first-order valence-electron chi connectivity index (χ1n) is 11.1. The molecule has 1 saturated carbocycles. The van der Waals surface area contributed by atoms with E-state index in [1.165, 1.54) is 56.1 Å². The zero-order valence-electron chi connectivity index (χ0n) is 17.2. The second-order valence-electron chi connectivity index (χ2n) is 8.22. The topological polar surface area (TPSA) is 49.6 Å². The molecule has 148 valence electrons. The molecule has 3 rings (SSSR count). The summed E-state index contributed by atoms with van der Waals surface area (Å²) in [7, 11) is 0. The molecule has 0 bridgehead atoms. The van der Waals surface area contributed by atoms with Gasteiger partial charge in [0.05, 0.1) is 6.07 Å². The molecule has 1 aliphatic rings. The maximum Gasteiger partial charge on any atom is 0.131 e. The van der Waals surface area contributed by atoms with Gasteiger partial charge in [0.2, 0.25) is 0 Å². The van der Waals surface area contributed by atoms with Gasteiger partial charge in [-0.15, -0.1) is 0 Å². The fraction of sp³-hybridized carbons (Fsp3) is 0.560. The first kappa shape index (κ1) is 20.5. The van der Waals surface area contributed by atoms with E-state index in [4.69, 9.17) is 5.26 Å². The van der Waals surface area contributed by atoms with Crippen molar-refractivity contribution >= 4 is 0 Å². The number of unbranched alkanes of at least 4 members (excludes halogenated alkanes) is 5. The maximum absolute atomic E-state index is 9.04. The lowest BCUT2D eigenvalue weighted by Crippen LogP contribution is -2.14. The summed E-state index contributed by atoms with van der Waals surface area (Å²) in [6, 6.07) is 11.3. The number of nitriles is 1. The fourth-order valence-corrected chi connectivity index (χ4v) is 4.15. The maximum atomic E-state index is 9.04. The number of aryl methyl sites for hydroxylation is 1. The van der Waals surface area contributed by atoms with Gasteiger partial charge in [-0.05, 0) is 49.7 Å². The molecule has 1 fully saturated rings. The van der Waals surface area contributed by atoms with E-state index < -0.39 is 0 Å². The molecular formula is C25H33N3. The van der Waals surface area contributed by atoms with Crippen LogP contribution in [0.25, 0.3) is 11.1 Å². The Morgan fingerprint density at radius 3 is 2.14 bits per heavy atom. The van der Waals surface area contributed by atoms with Crippen LogP contribution in [0.5, 0.6) is 0 Å². The van der Waals surface area contributed by atoms with Crippen LogP contribution >= 0.6 is 0 Å². The van der Waals surface area contributed by atoms with Crippen molar-refractivity contribution in [3.8, 4) is 17.2 Å². The number of rotatable bonds is 9. The van der Waals surface area contributed by atoms with Crippen molar-refractivity contribution in [3.05, 3.63) is 48.0 Å². The van der Waals surface area contributed by atoms with E-state index in [2.05, 4.69) is 47.2 Å². The van der Waals surface area contributed by atoms with E-state index in [0.717, 1.165) is 37.1 Å². The molecule has 0 saturated heterocycles. The largest absolute Gasteiger partial charge is 0.240 e. The lowest BCUT2D eigenvalue weighted by molar-refractivity contribution is 0.372. The average molecular weight is 376 g/mol. The highest BCUT2D eigenvalue weighted by Gasteiger charge is 2.23. The average Bonchev–Trinajstić information content (AvgIpc) is 2.77. The zero-order valence-corrected chi connectivity index (χ0v) is 17.2. The van der Waals surface area contributed by atoms with Gasteiger partial charge in [0.25, 0.3) is 0 Å². The van der Waals surface area contributed by atoms with Gasteiger partial charge in [0.15, 0.2) is 0 Å². The van der Waals surface area contributed by atoms with Crippen molar-refractivity contribution in [2.75, 3.05) is 0 Å². The summed E-state index contributed by atoms with van der Waals surface area (Å²) < 4.78 is 0. The Morgan fingerprint density at radius 2 is 1.50 bits per heavy atom. The highest BCUT2D eigenvalue weighted by atomic mass is 14.9. The van der Waals surface area contributed by atoms with Gasteiger partial charge in [0.1, 0.15) is 5.82 Å². The van der Waals surface area contributed by atoms with Gasteiger partial charge >= 0.3 is 0 Å². The molecule has 3 heteroatoms. The Kier molecular flexibility index (Phi) is 8.03.